The van der Waals surface area contributed by atoms with Gasteiger partial charge in [-0.2, -0.15) is 0 Å². The smallest absolute Gasteiger partial charge is 0.363 e. The van der Waals surface area contributed by atoms with Gasteiger partial charge in [0.15, 0.2) is 0 Å². The highest BCUT2D eigenvalue weighted by Crippen LogP contribution is 2.23. The number of ether oxygens (including phenoxy) is 1. The number of hydroxylamine groups is 2. The number of fused-ring (bicyclic) bond motifs is 1. The van der Waals surface area contributed by atoms with Crippen molar-refractivity contribution in [2.75, 3.05) is 7.11 Å². The molecule has 0 saturated heterocycles. The Kier molecular flexibility index (Phi) is 4.06. The van der Waals surface area contributed by atoms with E-state index in [1.165, 1.54) is 31.4 Å². The maximum Gasteiger partial charge on any atom is 0.363 e. The molecule has 0 atom stereocenters. The maximum atomic E-state index is 12.3. The fourth-order valence-electron chi connectivity index (χ4n) is 2.52. The van der Waals surface area contributed by atoms with Crippen molar-refractivity contribution in [2.24, 2.45) is 0 Å². The number of nitrogens with zero attached hydrogens (tertiary/aromatic N) is 1. The zero-order chi connectivity index (χ0) is 18.1. The van der Waals surface area contributed by atoms with E-state index in [2.05, 4.69) is 4.74 Å². The lowest BCUT2D eigenvalue weighted by molar-refractivity contribution is -0.0584. The highest BCUT2D eigenvalue weighted by atomic mass is 16.7. The number of aryl methyl sites for hydroxylation is 1. The van der Waals surface area contributed by atoms with Gasteiger partial charge in [-0.05, 0) is 42.8 Å². The number of hydrogen-bond donors (Lipinski definition) is 0. The number of hydrogen-bond acceptors (Lipinski definition) is 6. The fraction of sp³-hybridized carbons (Fsp3) is 0.111. The molecule has 2 aromatic rings. The SMILES string of the molecule is COC(=O)c1cc(C)cc(C(=O)ON2C(=O)c3ccccc3C2=O)c1. The Hall–Kier alpha value is -3.48. The third-order valence-electron chi connectivity index (χ3n) is 3.67. The number of rotatable bonds is 3. The maximum absolute atomic E-state index is 12.3. The van der Waals surface area contributed by atoms with Gasteiger partial charge >= 0.3 is 11.9 Å². The van der Waals surface area contributed by atoms with Crippen LogP contribution in [-0.4, -0.2) is 35.9 Å². The zero-order valence-corrected chi connectivity index (χ0v) is 13.4. The summed E-state index contributed by atoms with van der Waals surface area (Å²) < 4.78 is 4.63. The molecule has 1 aliphatic heterocycles. The molecule has 1 heterocycles. The van der Waals surface area contributed by atoms with Crippen molar-refractivity contribution in [2.45, 2.75) is 6.92 Å². The van der Waals surface area contributed by atoms with Crippen LogP contribution < -0.4 is 0 Å². The molecule has 2 amide bonds. The minimum atomic E-state index is -0.927. The van der Waals surface area contributed by atoms with Crippen molar-refractivity contribution in [1.29, 1.82) is 0 Å². The van der Waals surface area contributed by atoms with E-state index in [0.29, 0.717) is 10.6 Å². The van der Waals surface area contributed by atoms with Gasteiger partial charge in [-0.15, -0.1) is 0 Å². The molecule has 0 N–H and O–H groups in total. The number of methoxy groups -OCH3 is 1. The molecule has 0 aliphatic carbocycles. The molecule has 0 aromatic heterocycles. The van der Waals surface area contributed by atoms with Crippen molar-refractivity contribution in [3.63, 3.8) is 0 Å². The minimum absolute atomic E-state index is 0.0250. The number of esters is 1. The van der Waals surface area contributed by atoms with Gasteiger partial charge in [0.2, 0.25) is 0 Å². The van der Waals surface area contributed by atoms with E-state index in [-0.39, 0.29) is 22.3 Å². The Morgan fingerprint density at radius 2 is 1.40 bits per heavy atom. The highest BCUT2D eigenvalue weighted by molar-refractivity contribution is 6.21. The molecule has 126 valence electrons. The molecule has 1 aliphatic rings. The van der Waals surface area contributed by atoms with E-state index in [0.717, 1.165) is 0 Å². The molecule has 7 nitrogen and oxygen atoms in total. The van der Waals surface area contributed by atoms with Gasteiger partial charge in [0.1, 0.15) is 0 Å². The van der Waals surface area contributed by atoms with Gasteiger partial charge in [-0.1, -0.05) is 17.2 Å². The number of amides is 2. The molecule has 7 heteroatoms. The van der Waals surface area contributed by atoms with Crippen LogP contribution in [0.5, 0.6) is 0 Å². The normalized spacial score (nSPS) is 12.8. The lowest BCUT2D eigenvalue weighted by atomic mass is 10.1. The second-order valence-corrected chi connectivity index (χ2v) is 5.41. The number of benzene rings is 2. The van der Waals surface area contributed by atoms with E-state index in [4.69, 9.17) is 4.84 Å². The lowest BCUT2D eigenvalue weighted by Gasteiger charge is -2.13. The summed E-state index contributed by atoms with van der Waals surface area (Å²) in [7, 11) is 1.22. The zero-order valence-electron chi connectivity index (χ0n) is 13.4. The molecule has 25 heavy (non-hydrogen) atoms. The molecule has 3 rings (SSSR count). The van der Waals surface area contributed by atoms with Crippen LogP contribution in [0.15, 0.2) is 42.5 Å². The Morgan fingerprint density at radius 1 is 0.880 bits per heavy atom. The standard InChI is InChI=1S/C18H13NO6/c1-10-7-11(17(22)24-2)9-12(8-10)18(23)25-19-15(20)13-5-3-4-6-14(13)16(19)21/h3-9H,1-2H3. The van der Waals surface area contributed by atoms with E-state index < -0.39 is 23.8 Å². The molecule has 2 aromatic carbocycles. The van der Waals surface area contributed by atoms with Crippen molar-refractivity contribution in [3.8, 4) is 0 Å². The summed E-state index contributed by atoms with van der Waals surface area (Å²) in [4.78, 5) is 53.4. The summed E-state index contributed by atoms with van der Waals surface area (Å²) in [5.41, 5.74) is 1.14. The van der Waals surface area contributed by atoms with E-state index >= 15 is 0 Å². The van der Waals surface area contributed by atoms with Crippen LogP contribution in [-0.2, 0) is 9.57 Å². The van der Waals surface area contributed by atoms with Crippen molar-refractivity contribution >= 4 is 23.8 Å². The molecule has 0 unspecified atom stereocenters. The number of imide groups is 1. The van der Waals surface area contributed by atoms with Crippen LogP contribution in [0.25, 0.3) is 0 Å². The second kappa shape index (κ2) is 6.20. The second-order valence-electron chi connectivity index (χ2n) is 5.41. The van der Waals surface area contributed by atoms with Crippen LogP contribution in [0.1, 0.15) is 47.0 Å². The van der Waals surface area contributed by atoms with Crippen molar-refractivity contribution in [1.82, 2.24) is 5.06 Å². The van der Waals surface area contributed by atoms with Crippen LogP contribution in [0.4, 0.5) is 0 Å². The van der Waals surface area contributed by atoms with Crippen LogP contribution in [0.2, 0.25) is 0 Å². The van der Waals surface area contributed by atoms with Gasteiger partial charge in [-0.3, -0.25) is 9.59 Å². The van der Waals surface area contributed by atoms with E-state index in [1.54, 1.807) is 25.1 Å². The van der Waals surface area contributed by atoms with E-state index in [9.17, 15) is 19.2 Å². The Balaban J connectivity index is 1.87. The molecule has 0 fully saturated rings. The van der Waals surface area contributed by atoms with Crippen LogP contribution >= 0.6 is 0 Å². The molecule has 0 bridgehead atoms. The topological polar surface area (TPSA) is 90.0 Å². The monoisotopic (exact) mass is 339 g/mol. The summed E-state index contributed by atoms with van der Waals surface area (Å²) in [6, 6.07) is 10.5. The number of carbonyl (C=O) groups is 4. The average Bonchev–Trinajstić information content (AvgIpc) is 2.85. The third-order valence-corrected chi connectivity index (χ3v) is 3.67. The first-order chi connectivity index (χ1) is 11.9. The first-order valence-corrected chi connectivity index (χ1v) is 7.32. The molecular weight excluding hydrogens is 326 g/mol. The minimum Gasteiger partial charge on any atom is -0.465 e. The average molecular weight is 339 g/mol. The van der Waals surface area contributed by atoms with Gasteiger partial charge in [0, 0.05) is 0 Å². The van der Waals surface area contributed by atoms with Gasteiger partial charge in [0.05, 0.1) is 29.4 Å². The van der Waals surface area contributed by atoms with Crippen LogP contribution in [0.3, 0.4) is 0 Å². The first kappa shape index (κ1) is 16.4. The van der Waals surface area contributed by atoms with Crippen molar-refractivity contribution in [3.05, 3.63) is 70.3 Å². The molecule has 0 saturated carbocycles. The Bertz CT molecular complexity index is 883. The Morgan fingerprint density at radius 3 is 1.92 bits per heavy atom. The van der Waals surface area contributed by atoms with Gasteiger partial charge in [-0.25, -0.2) is 9.59 Å². The van der Waals surface area contributed by atoms with Crippen molar-refractivity contribution < 1.29 is 28.8 Å². The quantitative estimate of drug-likeness (QED) is 0.629. The third kappa shape index (κ3) is 2.87. The predicted molar refractivity (Wildman–Crippen MR) is 84.9 cm³/mol. The van der Waals surface area contributed by atoms with Gasteiger partial charge < -0.3 is 9.57 Å². The summed E-state index contributed by atoms with van der Waals surface area (Å²) in [5, 5.41) is 0.424. The first-order valence-electron chi connectivity index (χ1n) is 7.32. The lowest BCUT2D eigenvalue weighted by Crippen LogP contribution is -2.32. The van der Waals surface area contributed by atoms with Crippen LogP contribution in [0, 0.1) is 6.92 Å². The largest absolute Gasteiger partial charge is 0.465 e. The molecular formula is C18H13NO6. The summed E-state index contributed by atoms with van der Waals surface area (Å²) >= 11 is 0. The summed E-state index contributed by atoms with van der Waals surface area (Å²) in [6.07, 6.45) is 0. The van der Waals surface area contributed by atoms with Gasteiger partial charge in [0.25, 0.3) is 11.8 Å². The summed E-state index contributed by atoms with van der Waals surface area (Å²) in [5.74, 6) is -2.97. The number of carbonyl (C=O) groups excluding carboxylic acids is 4. The molecule has 0 radical (unpaired) electrons. The predicted octanol–water partition coefficient (Wildman–Crippen LogP) is 2.15. The highest BCUT2D eigenvalue weighted by Gasteiger charge is 2.38. The summed E-state index contributed by atoms with van der Waals surface area (Å²) in [6.45, 7) is 1.69. The van der Waals surface area contributed by atoms with E-state index in [1.807, 2.05) is 0 Å². The fourth-order valence-corrected chi connectivity index (χ4v) is 2.52. The molecule has 0 spiro atoms. The Labute approximate surface area is 142 Å².